The maximum absolute atomic E-state index is 6.42. The second-order valence-electron chi connectivity index (χ2n) is 7.68. The predicted octanol–water partition coefficient (Wildman–Crippen LogP) is 3.35. The molecule has 0 spiro atoms. The van der Waals surface area contributed by atoms with Crippen LogP contribution in [0.4, 0.5) is 5.69 Å². The number of rotatable bonds is 3. The standard InChI is InChI=1S/C17H19ClN6O2.C7H8/c1-25-8-11(19)13-7-15-16(17-21-4-5-26-17)22-9-23(15)12-3-2-10(18)6-14(12)24(13)20;1-7-5-3-2-4-6-7/h2-3,6,9H,4-5,7-8,19-20H2,1H3;2-6H,1H3/b13-11-;. The minimum atomic E-state index is 0.264. The van der Waals surface area contributed by atoms with E-state index in [-0.39, 0.29) is 6.61 Å². The van der Waals surface area contributed by atoms with Crippen molar-refractivity contribution in [2.45, 2.75) is 13.3 Å². The summed E-state index contributed by atoms with van der Waals surface area (Å²) in [4.78, 5) is 8.92. The summed E-state index contributed by atoms with van der Waals surface area (Å²) >= 11 is 6.20. The van der Waals surface area contributed by atoms with Crippen LogP contribution in [0.3, 0.4) is 0 Å². The highest BCUT2D eigenvalue weighted by Gasteiger charge is 2.29. The number of anilines is 1. The van der Waals surface area contributed by atoms with Crippen molar-refractivity contribution >= 4 is 23.2 Å². The van der Waals surface area contributed by atoms with E-state index in [1.165, 1.54) is 5.56 Å². The molecule has 3 aromatic rings. The molecule has 172 valence electrons. The van der Waals surface area contributed by atoms with Crippen molar-refractivity contribution in [3.05, 3.63) is 88.2 Å². The van der Waals surface area contributed by atoms with Crippen molar-refractivity contribution in [2.24, 2.45) is 16.6 Å². The lowest BCUT2D eigenvalue weighted by Gasteiger charge is -2.23. The first kappa shape index (κ1) is 22.8. The van der Waals surface area contributed by atoms with E-state index in [2.05, 4.69) is 29.0 Å². The number of hydrogen-bond acceptors (Lipinski definition) is 7. The molecule has 0 saturated carbocycles. The average Bonchev–Trinajstić information content (AvgIpc) is 3.46. The highest BCUT2D eigenvalue weighted by molar-refractivity contribution is 6.31. The van der Waals surface area contributed by atoms with Crippen LogP contribution in [0.5, 0.6) is 0 Å². The second-order valence-corrected chi connectivity index (χ2v) is 8.12. The minimum absolute atomic E-state index is 0.264. The van der Waals surface area contributed by atoms with Crippen LogP contribution < -0.4 is 16.6 Å². The van der Waals surface area contributed by atoms with Gasteiger partial charge in [-0.05, 0) is 25.1 Å². The van der Waals surface area contributed by atoms with Crippen LogP contribution in [-0.4, -0.2) is 42.3 Å². The van der Waals surface area contributed by atoms with E-state index in [0.717, 1.165) is 22.8 Å². The number of ether oxygens (including phenoxy) is 2. The molecule has 1 aromatic heterocycles. The fraction of sp³-hybridized carbons (Fsp3) is 0.250. The number of aromatic nitrogens is 2. The quantitative estimate of drug-likeness (QED) is 0.573. The molecule has 4 N–H and O–H groups in total. The fourth-order valence-electron chi connectivity index (χ4n) is 3.73. The highest BCUT2D eigenvalue weighted by Crippen LogP contribution is 2.35. The Balaban J connectivity index is 0.000000318. The maximum Gasteiger partial charge on any atom is 0.237 e. The summed E-state index contributed by atoms with van der Waals surface area (Å²) < 4.78 is 12.8. The number of aryl methyl sites for hydroxylation is 1. The number of nitrogens with two attached hydrogens (primary N) is 2. The summed E-state index contributed by atoms with van der Waals surface area (Å²) in [6.45, 7) is 3.54. The van der Waals surface area contributed by atoms with E-state index in [1.807, 2.05) is 34.9 Å². The first-order valence-corrected chi connectivity index (χ1v) is 10.9. The molecule has 0 saturated heterocycles. The van der Waals surface area contributed by atoms with E-state index in [0.29, 0.717) is 41.9 Å². The molecule has 2 aliphatic heterocycles. The van der Waals surface area contributed by atoms with E-state index in [4.69, 9.17) is 32.7 Å². The van der Waals surface area contributed by atoms with Crippen LogP contribution in [0.1, 0.15) is 17.0 Å². The van der Waals surface area contributed by atoms with Gasteiger partial charge >= 0.3 is 0 Å². The number of hydrazine groups is 1. The third-order valence-electron chi connectivity index (χ3n) is 5.35. The molecule has 9 heteroatoms. The van der Waals surface area contributed by atoms with Crippen molar-refractivity contribution in [3.63, 3.8) is 0 Å². The summed E-state index contributed by atoms with van der Waals surface area (Å²) in [5, 5.41) is 2.14. The van der Waals surface area contributed by atoms with Crippen LogP contribution in [0.2, 0.25) is 5.02 Å². The van der Waals surface area contributed by atoms with Gasteiger partial charge in [-0.2, -0.15) is 0 Å². The summed E-state index contributed by atoms with van der Waals surface area (Å²) in [5.41, 5.74) is 12.0. The Kier molecular flexibility index (Phi) is 6.98. The third-order valence-corrected chi connectivity index (χ3v) is 5.58. The zero-order chi connectivity index (χ0) is 23.4. The molecule has 2 aliphatic rings. The molecule has 0 bridgehead atoms. The lowest BCUT2D eigenvalue weighted by molar-refractivity contribution is 0.223. The lowest BCUT2D eigenvalue weighted by Crippen LogP contribution is -2.34. The van der Waals surface area contributed by atoms with Crippen molar-refractivity contribution < 1.29 is 9.47 Å². The van der Waals surface area contributed by atoms with Gasteiger partial charge in [0.25, 0.3) is 0 Å². The summed E-state index contributed by atoms with van der Waals surface area (Å²) in [6, 6.07) is 15.8. The van der Waals surface area contributed by atoms with Crippen LogP contribution in [0.15, 0.2) is 71.2 Å². The molecule has 0 fully saturated rings. The number of nitrogens with zero attached hydrogens (tertiary/aromatic N) is 4. The number of aliphatic imine (C=N–C) groups is 1. The number of imidazole rings is 1. The zero-order valence-electron chi connectivity index (χ0n) is 18.7. The molecule has 2 aromatic carbocycles. The number of hydrogen-bond donors (Lipinski definition) is 2. The van der Waals surface area contributed by atoms with Crippen LogP contribution in [0, 0.1) is 6.92 Å². The molecular weight excluding hydrogens is 440 g/mol. The van der Waals surface area contributed by atoms with Gasteiger partial charge in [0.15, 0.2) is 0 Å². The Bertz CT molecular complexity index is 1190. The monoisotopic (exact) mass is 466 g/mol. The smallest absolute Gasteiger partial charge is 0.237 e. The van der Waals surface area contributed by atoms with E-state index in [9.17, 15) is 0 Å². The average molecular weight is 467 g/mol. The topological polar surface area (TPSA) is 104 Å². The zero-order valence-corrected chi connectivity index (χ0v) is 19.4. The Morgan fingerprint density at radius 2 is 1.97 bits per heavy atom. The highest BCUT2D eigenvalue weighted by atomic mass is 35.5. The van der Waals surface area contributed by atoms with Gasteiger partial charge in [-0.3, -0.25) is 9.58 Å². The molecule has 0 radical (unpaired) electrons. The van der Waals surface area contributed by atoms with Crippen molar-refractivity contribution in [1.82, 2.24) is 9.55 Å². The van der Waals surface area contributed by atoms with Crippen molar-refractivity contribution in [1.29, 1.82) is 0 Å². The largest absolute Gasteiger partial charge is 0.474 e. The number of allylic oxidation sites excluding steroid dienone is 1. The molecule has 33 heavy (non-hydrogen) atoms. The number of benzene rings is 2. The van der Waals surface area contributed by atoms with Crippen molar-refractivity contribution in [2.75, 3.05) is 31.9 Å². The molecule has 5 rings (SSSR count). The maximum atomic E-state index is 6.42. The molecule has 0 atom stereocenters. The van der Waals surface area contributed by atoms with Gasteiger partial charge in [0.2, 0.25) is 5.90 Å². The first-order valence-electron chi connectivity index (χ1n) is 10.6. The molecular formula is C24H27ClN6O2. The van der Waals surface area contributed by atoms with Gasteiger partial charge in [0, 0.05) is 18.6 Å². The van der Waals surface area contributed by atoms with Gasteiger partial charge < -0.3 is 15.2 Å². The molecule has 0 amide bonds. The van der Waals surface area contributed by atoms with Gasteiger partial charge in [-0.25, -0.2) is 15.8 Å². The van der Waals surface area contributed by atoms with E-state index in [1.54, 1.807) is 24.5 Å². The number of halogens is 1. The summed E-state index contributed by atoms with van der Waals surface area (Å²) in [7, 11) is 1.59. The molecule has 0 unspecified atom stereocenters. The molecule has 3 heterocycles. The summed E-state index contributed by atoms with van der Waals surface area (Å²) in [6.07, 6.45) is 2.20. The van der Waals surface area contributed by atoms with Gasteiger partial charge in [-0.1, -0.05) is 47.5 Å². The third kappa shape index (κ3) is 4.88. The van der Waals surface area contributed by atoms with Crippen LogP contribution >= 0.6 is 11.6 Å². The van der Waals surface area contributed by atoms with Gasteiger partial charge in [0.1, 0.15) is 18.6 Å². The van der Waals surface area contributed by atoms with E-state index >= 15 is 0 Å². The second kappa shape index (κ2) is 10.1. The van der Waals surface area contributed by atoms with Gasteiger partial charge in [0.05, 0.1) is 41.6 Å². The minimum Gasteiger partial charge on any atom is -0.474 e. The Hall–Kier alpha value is -3.33. The normalized spacial score (nSPS) is 16.0. The van der Waals surface area contributed by atoms with Crippen LogP contribution in [0.25, 0.3) is 5.69 Å². The van der Waals surface area contributed by atoms with E-state index < -0.39 is 0 Å². The van der Waals surface area contributed by atoms with Crippen molar-refractivity contribution in [3.8, 4) is 5.69 Å². The predicted molar refractivity (Wildman–Crippen MR) is 131 cm³/mol. The Morgan fingerprint density at radius 3 is 2.61 bits per heavy atom. The molecule has 0 aliphatic carbocycles. The Labute approximate surface area is 198 Å². The fourth-order valence-corrected chi connectivity index (χ4v) is 3.90. The first-order chi connectivity index (χ1) is 16.0. The number of methoxy groups -OCH3 is 1. The Morgan fingerprint density at radius 1 is 1.18 bits per heavy atom. The van der Waals surface area contributed by atoms with Gasteiger partial charge in [-0.15, -0.1) is 0 Å². The SMILES string of the molecule is COC/C(N)=C1\Cc2c(C3=NCCO3)ncn2-c2ccc(Cl)cc2N1N.Cc1ccccc1. The summed E-state index contributed by atoms with van der Waals surface area (Å²) in [5.74, 6) is 6.96. The molecule has 8 nitrogen and oxygen atoms in total. The lowest BCUT2D eigenvalue weighted by atomic mass is 10.1. The number of fused-ring (bicyclic) bond motifs is 3. The van der Waals surface area contributed by atoms with Crippen LogP contribution in [-0.2, 0) is 15.9 Å².